The Morgan fingerprint density at radius 2 is 1.88 bits per heavy atom. The molecule has 0 saturated heterocycles. The van der Waals surface area contributed by atoms with Crippen molar-refractivity contribution in [1.82, 2.24) is 0 Å². The van der Waals surface area contributed by atoms with E-state index < -0.39 is 12.6 Å². The van der Waals surface area contributed by atoms with Gasteiger partial charge < -0.3 is 0 Å². The maximum Gasteiger partial charge on any atom is 0.390 e. The van der Waals surface area contributed by atoms with Gasteiger partial charge in [0.1, 0.15) is 0 Å². The van der Waals surface area contributed by atoms with Gasteiger partial charge >= 0.3 is 6.18 Å². The van der Waals surface area contributed by atoms with E-state index in [4.69, 9.17) is 0 Å². The molecule has 0 heterocycles. The topological polar surface area (TPSA) is 0 Å². The summed E-state index contributed by atoms with van der Waals surface area (Å²) < 4.78 is 33.6. The van der Waals surface area contributed by atoms with Gasteiger partial charge in [-0.3, -0.25) is 0 Å². The van der Waals surface area contributed by atoms with E-state index in [9.17, 15) is 13.2 Å². The molecule has 0 spiro atoms. The average Bonchev–Trinajstić information content (AvgIpc) is 1.21. The summed E-state index contributed by atoms with van der Waals surface area (Å²) in [5.41, 5.74) is 0. The van der Waals surface area contributed by atoms with Crippen LogP contribution in [0.1, 0.15) is 13.3 Å². The first-order valence-electron chi connectivity index (χ1n) is 2.12. The lowest BCUT2D eigenvalue weighted by atomic mass is 10.3. The average molecular weight is 238 g/mol. The molecule has 0 bridgehead atoms. The van der Waals surface area contributed by atoms with Crippen LogP contribution in [0.15, 0.2) is 0 Å². The van der Waals surface area contributed by atoms with Crippen LogP contribution >= 0.6 is 22.6 Å². The van der Waals surface area contributed by atoms with Crippen LogP contribution in [0.5, 0.6) is 0 Å². The third-order valence-corrected chi connectivity index (χ3v) is 0.953. The lowest BCUT2D eigenvalue weighted by Gasteiger charge is -2.05. The Bertz CT molecular complexity index is 66.2. The van der Waals surface area contributed by atoms with E-state index in [1.165, 1.54) is 6.92 Å². The van der Waals surface area contributed by atoms with Crippen molar-refractivity contribution in [2.45, 2.75) is 23.4 Å². The summed E-state index contributed by atoms with van der Waals surface area (Å²) in [6.45, 7) is 1.54. The molecule has 0 aliphatic carbocycles. The highest BCUT2D eigenvalue weighted by Gasteiger charge is 2.28. The van der Waals surface area contributed by atoms with Gasteiger partial charge in [0.05, 0.1) is 6.42 Å². The van der Waals surface area contributed by atoms with Crippen molar-refractivity contribution in [3.05, 3.63) is 0 Å². The predicted octanol–water partition coefficient (Wildman–Crippen LogP) is 2.76. The molecule has 8 heavy (non-hydrogen) atoms. The zero-order chi connectivity index (χ0) is 6.78. The molecule has 0 N–H and O–H groups in total. The monoisotopic (exact) mass is 238 g/mol. The van der Waals surface area contributed by atoms with Crippen LogP contribution in [0, 0.1) is 0 Å². The van der Waals surface area contributed by atoms with E-state index in [0.717, 1.165) is 0 Å². The summed E-state index contributed by atoms with van der Waals surface area (Å²) >= 11 is 1.75. The highest BCUT2D eigenvalue weighted by atomic mass is 127. The molecule has 50 valence electrons. The number of halogens is 4. The van der Waals surface area contributed by atoms with E-state index in [-0.39, 0.29) is 3.92 Å². The Kier molecular flexibility index (Phi) is 3.08. The number of hydrogen-bond acceptors (Lipinski definition) is 0. The normalized spacial score (nSPS) is 16.1. The Balaban J connectivity index is 3.39. The van der Waals surface area contributed by atoms with Crippen molar-refractivity contribution >= 4 is 22.6 Å². The van der Waals surface area contributed by atoms with Gasteiger partial charge in [-0.15, -0.1) is 0 Å². The fraction of sp³-hybridized carbons (Fsp3) is 1.00. The fourth-order valence-electron chi connectivity index (χ4n) is 0.319. The SMILES string of the molecule is C[C@H](I)CC(F)(F)F. The Labute approximate surface area is 59.6 Å². The largest absolute Gasteiger partial charge is 0.390 e. The standard InChI is InChI=1S/C4H6F3I/c1-3(8)2-4(5,6)7/h3H,2H2,1H3/t3-/m0/s1. The smallest absolute Gasteiger partial charge is 0.171 e. The summed E-state index contributed by atoms with van der Waals surface area (Å²) in [7, 11) is 0. The fourth-order valence-corrected chi connectivity index (χ4v) is 0.818. The van der Waals surface area contributed by atoms with Gasteiger partial charge in [-0.25, -0.2) is 0 Å². The van der Waals surface area contributed by atoms with Gasteiger partial charge in [0.2, 0.25) is 0 Å². The zero-order valence-corrected chi connectivity index (χ0v) is 6.45. The third-order valence-electron chi connectivity index (χ3n) is 0.513. The third kappa shape index (κ3) is 6.52. The molecular formula is C4H6F3I. The van der Waals surface area contributed by atoms with Crippen molar-refractivity contribution in [1.29, 1.82) is 0 Å². The molecule has 4 heteroatoms. The molecule has 0 rings (SSSR count). The van der Waals surface area contributed by atoms with Gasteiger partial charge in [-0.2, -0.15) is 13.2 Å². The first kappa shape index (κ1) is 8.52. The van der Waals surface area contributed by atoms with Gasteiger partial charge in [-0.05, 0) is 0 Å². The minimum absolute atomic E-state index is 0.312. The molecule has 0 aromatic carbocycles. The number of hydrogen-bond donors (Lipinski definition) is 0. The molecule has 0 saturated carbocycles. The molecular weight excluding hydrogens is 232 g/mol. The van der Waals surface area contributed by atoms with E-state index in [0.29, 0.717) is 0 Å². The van der Waals surface area contributed by atoms with Crippen molar-refractivity contribution in [2.75, 3.05) is 0 Å². The van der Waals surface area contributed by atoms with Gasteiger partial charge in [0.25, 0.3) is 0 Å². The van der Waals surface area contributed by atoms with Crippen molar-refractivity contribution in [2.24, 2.45) is 0 Å². The molecule has 0 nitrogen and oxygen atoms in total. The molecule has 0 amide bonds. The van der Waals surface area contributed by atoms with Crippen LogP contribution in [0.3, 0.4) is 0 Å². The van der Waals surface area contributed by atoms with Crippen molar-refractivity contribution in [3.8, 4) is 0 Å². The van der Waals surface area contributed by atoms with Crippen molar-refractivity contribution < 1.29 is 13.2 Å². The summed E-state index contributed by atoms with van der Waals surface area (Å²) in [5, 5.41) is 0. The van der Waals surface area contributed by atoms with Gasteiger partial charge in [-0.1, -0.05) is 29.5 Å². The zero-order valence-electron chi connectivity index (χ0n) is 4.30. The summed E-state index contributed by atoms with van der Waals surface area (Å²) in [4.78, 5) is 0. The first-order valence-corrected chi connectivity index (χ1v) is 3.37. The Morgan fingerprint density at radius 1 is 1.50 bits per heavy atom. The van der Waals surface area contributed by atoms with E-state index in [2.05, 4.69) is 0 Å². The van der Waals surface area contributed by atoms with E-state index >= 15 is 0 Å². The molecule has 0 aromatic rings. The van der Waals surface area contributed by atoms with E-state index in [1.54, 1.807) is 22.6 Å². The minimum Gasteiger partial charge on any atom is -0.171 e. The second-order valence-electron chi connectivity index (χ2n) is 1.60. The number of rotatable bonds is 1. The minimum atomic E-state index is -3.99. The number of alkyl halides is 4. The second kappa shape index (κ2) is 2.89. The van der Waals surface area contributed by atoms with Crippen LogP contribution in [0.4, 0.5) is 13.2 Å². The molecule has 0 aliphatic rings. The van der Waals surface area contributed by atoms with Gasteiger partial charge in [0.15, 0.2) is 0 Å². The highest BCUT2D eigenvalue weighted by molar-refractivity contribution is 14.1. The van der Waals surface area contributed by atoms with Crippen LogP contribution in [0.2, 0.25) is 0 Å². The Hall–Kier alpha value is 0.520. The Morgan fingerprint density at radius 3 is 1.88 bits per heavy atom. The van der Waals surface area contributed by atoms with Crippen LogP contribution < -0.4 is 0 Å². The molecule has 0 aliphatic heterocycles. The molecule has 0 aromatic heterocycles. The van der Waals surface area contributed by atoms with E-state index in [1.807, 2.05) is 0 Å². The van der Waals surface area contributed by atoms with Crippen LogP contribution in [0.25, 0.3) is 0 Å². The summed E-state index contributed by atoms with van der Waals surface area (Å²) in [6, 6.07) is 0. The lowest BCUT2D eigenvalue weighted by Crippen LogP contribution is -2.11. The van der Waals surface area contributed by atoms with Crippen molar-refractivity contribution in [3.63, 3.8) is 0 Å². The highest BCUT2D eigenvalue weighted by Crippen LogP contribution is 2.24. The molecule has 1 atom stereocenters. The summed E-state index contributed by atoms with van der Waals surface area (Å²) in [6.07, 6.45) is -4.67. The summed E-state index contributed by atoms with van der Waals surface area (Å²) in [5.74, 6) is 0. The van der Waals surface area contributed by atoms with Crippen LogP contribution in [-0.4, -0.2) is 10.1 Å². The maximum atomic E-state index is 11.3. The first-order chi connectivity index (χ1) is 3.42. The molecule has 0 fully saturated rings. The van der Waals surface area contributed by atoms with Crippen LogP contribution in [-0.2, 0) is 0 Å². The molecule has 0 radical (unpaired) electrons. The maximum absolute atomic E-state index is 11.3. The quantitative estimate of drug-likeness (QED) is 0.486. The lowest BCUT2D eigenvalue weighted by molar-refractivity contribution is -0.132. The predicted molar refractivity (Wildman–Crippen MR) is 34.2 cm³/mol. The van der Waals surface area contributed by atoms with Gasteiger partial charge in [0, 0.05) is 3.92 Å². The molecule has 0 unspecified atom stereocenters. The second-order valence-corrected chi connectivity index (χ2v) is 3.73.